The van der Waals surface area contributed by atoms with E-state index < -0.39 is 5.54 Å². The number of carbonyl (C=O) groups excluding carboxylic acids is 1. The minimum atomic E-state index is -0.855. The topological polar surface area (TPSA) is 55.6 Å². The van der Waals surface area contributed by atoms with Gasteiger partial charge in [0.2, 0.25) is 0 Å². The van der Waals surface area contributed by atoms with E-state index in [1.54, 1.807) is 0 Å². The lowest BCUT2D eigenvalue weighted by molar-refractivity contribution is -0.147. The molecule has 1 atom stereocenters. The van der Waals surface area contributed by atoms with Crippen LogP contribution in [0.15, 0.2) is 24.3 Å². The highest BCUT2D eigenvalue weighted by Gasteiger charge is 2.50. The van der Waals surface area contributed by atoms with Crippen LogP contribution in [0.25, 0.3) is 0 Å². The predicted molar refractivity (Wildman–Crippen MR) is 74.0 cm³/mol. The zero-order valence-electron chi connectivity index (χ0n) is 11.3. The molecule has 0 bridgehead atoms. The Labute approximate surface area is 113 Å². The number of fused-ring (bicyclic) bond motifs is 1. The first kappa shape index (κ1) is 12.5. The Morgan fingerprint density at radius 2 is 2.21 bits per heavy atom. The standard InChI is InChI=1S/C15H20N2O2/c1-19-14(18)15(16,12-6-7-12)10-17-9-8-11-4-2-3-5-13(11)17/h2-5,12H,6-10,16H2,1H3. The van der Waals surface area contributed by atoms with Crippen molar-refractivity contribution in [3.63, 3.8) is 0 Å². The molecule has 0 spiro atoms. The van der Waals surface area contributed by atoms with Crippen molar-refractivity contribution in [3.8, 4) is 0 Å². The molecule has 0 radical (unpaired) electrons. The summed E-state index contributed by atoms with van der Waals surface area (Å²) in [6, 6.07) is 8.33. The van der Waals surface area contributed by atoms with Gasteiger partial charge in [0, 0.05) is 18.8 Å². The van der Waals surface area contributed by atoms with Crippen LogP contribution in [0, 0.1) is 5.92 Å². The number of anilines is 1. The maximum absolute atomic E-state index is 12.0. The summed E-state index contributed by atoms with van der Waals surface area (Å²) in [6.45, 7) is 1.49. The first-order valence-corrected chi connectivity index (χ1v) is 6.85. The van der Waals surface area contributed by atoms with Crippen molar-refractivity contribution in [3.05, 3.63) is 29.8 Å². The molecular weight excluding hydrogens is 240 g/mol. The number of esters is 1. The number of rotatable bonds is 4. The van der Waals surface area contributed by atoms with Crippen molar-refractivity contribution < 1.29 is 9.53 Å². The highest BCUT2D eigenvalue weighted by molar-refractivity contribution is 5.82. The molecular formula is C15H20N2O2. The number of hydrogen-bond acceptors (Lipinski definition) is 4. The third-order valence-electron chi connectivity index (χ3n) is 4.31. The summed E-state index contributed by atoms with van der Waals surface area (Å²) in [7, 11) is 1.42. The normalized spacial score (nSPS) is 20.8. The summed E-state index contributed by atoms with van der Waals surface area (Å²) in [5.41, 5.74) is 8.07. The van der Waals surface area contributed by atoms with Gasteiger partial charge in [-0.25, -0.2) is 4.79 Å². The van der Waals surface area contributed by atoms with Crippen LogP contribution in [0.5, 0.6) is 0 Å². The van der Waals surface area contributed by atoms with Gasteiger partial charge in [-0.1, -0.05) is 18.2 Å². The number of ether oxygens (including phenoxy) is 1. The van der Waals surface area contributed by atoms with Gasteiger partial charge in [-0.05, 0) is 36.8 Å². The average molecular weight is 260 g/mol. The van der Waals surface area contributed by atoms with E-state index >= 15 is 0 Å². The summed E-state index contributed by atoms with van der Waals surface area (Å²) >= 11 is 0. The van der Waals surface area contributed by atoms with Crippen LogP contribution >= 0.6 is 0 Å². The Hall–Kier alpha value is -1.55. The Kier molecular flexibility index (Phi) is 2.97. The molecule has 19 heavy (non-hydrogen) atoms. The fourth-order valence-corrected chi connectivity index (χ4v) is 3.04. The number of methoxy groups -OCH3 is 1. The molecule has 2 aliphatic rings. The molecule has 0 amide bonds. The number of carbonyl (C=O) groups is 1. The SMILES string of the molecule is COC(=O)C(N)(CN1CCc2ccccc21)C1CC1. The zero-order chi connectivity index (χ0) is 13.5. The molecule has 4 nitrogen and oxygen atoms in total. The van der Waals surface area contributed by atoms with Gasteiger partial charge in [-0.2, -0.15) is 0 Å². The minimum Gasteiger partial charge on any atom is -0.468 e. The summed E-state index contributed by atoms with van der Waals surface area (Å²) in [5, 5.41) is 0. The smallest absolute Gasteiger partial charge is 0.327 e. The van der Waals surface area contributed by atoms with Crippen molar-refractivity contribution in [2.75, 3.05) is 25.1 Å². The molecule has 1 aliphatic carbocycles. The van der Waals surface area contributed by atoms with Crippen LogP contribution in [-0.2, 0) is 16.0 Å². The van der Waals surface area contributed by atoms with E-state index in [1.807, 2.05) is 6.07 Å². The summed E-state index contributed by atoms with van der Waals surface area (Å²) in [5.74, 6) is -0.00732. The molecule has 3 rings (SSSR count). The molecule has 4 heteroatoms. The molecule has 1 aliphatic heterocycles. The van der Waals surface area contributed by atoms with Crippen LogP contribution < -0.4 is 10.6 Å². The Morgan fingerprint density at radius 1 is 1.47 bits per heavy atom. The quantitative estimate of drug-likeness (QED) is 0.830. The van der Waals surface area contributed by atoms with Crippen molar-refractivity contribution in [1.82, 2.24) is 0 Å². The number of nitrogens with zero attached hydrogens (tertiary/aromatic N) is 1. The van der Waals surface area contributed by atoms with Gasteiger partial charge in [-0.15, -0.1) is 0 Å². The van der Waals surface area contributed by atoms with Crippen molar-refractivity contribution in [2.45, 2.75) is 24.8 Å². The number of nitrogens with two attached hydrogens (primary N) is 1. The Morgan fingerprint density at radius 3 is 2.89 bits per heavy atom. The van der Waals surface area contributed by atoms with E-state index in [4.69, 9.17) is 10.5 Å². The first-order valence-electron chi connectivity index (χ1n) is 6.85. The molecule has 0 saturated heterocycles. The predicted octanol–water partition coefficient (Wildman–Crippen LogP) is 1.33. The molecule has 1 aromatic carbocycles. The lowest BCUT2D eigenvalue weighted by atomic mass is 9.93. The second-order valence-corrected chi connectivity index (χ2v) is 5.61. The van der Waals surface area contributed by atoms with Gasteiger partial charge < -0.3 is 15.4 Å². The molecule has 2 N–H and O–H groups in total. The van der Waals surface area contributed by atoms with E-state index in [0.29, 0.717) is 6.54 Å². The summed E-state index contributed by atoms with van der Waals surface area (Å²) < 4.78 is 4.92. The van der Waals surface area contributed by atoms with Crippen LogP contribution in [-0.4, -0.2) is 31.7 Å². The Bertz CT molecular complexity index is 499. The van der Waals surface area contributed by atoms with Crippen LogP contribution in [0.2, 0.25) is 0 Å². The highest BCUT2D eigenvalue weighted by Crippen LogP contribution is 2.41. The highest BCUT2D eigenvalue weighted by atomic mass is 16.5. The lowest BCUT2D eigenvalue weighted by Crippen LogP contribution is -2.58. The fourth-order valence-electron chi connectivity index (χ4n) is 3.04. The third-order valence-corrected chi connectivity index (χ3v) is 4.31. The average Bonchev–Trinajstić information content (AvgIpc) is 3.22. The van der Waals surface area contributed by atoms with Crippen molar-refractivity contribution in [2.24, 2.45) is 11.7 Å². The van der Waals surface area contributed by atoms with Gasteiger partial charge in [0.15, 0.2) is 0 Å². The van der Waals surface area contributed by atoms with Gasteiger partial charge in [0.1, 0.15) is 5.54 Å². The zero-order valence-corrected chi connectivity index (χ0v) is 11.3. The molecule has 1 aromatic rings. The maximum atomic E-state index is 12.0. The second kappa shape index (κ2) is 4.53. The lowest BCUT2D eigenvalue weighted by Gasteiger charge is -2.32. The molecule has 1 fully saturated rings. The second-order valence-electron chi connectivity index (χ2n) is 5.61. The van der Waals surface area contributed by atoms with Gasteiger partial charge in [0.05, 0.1) is 7.11 Å². The van der Waals surface area contributed by atoms with Crippen molar-refractivity contribution >= 4 is 11.7 Å². The van der Waals surface area contributed by atoms with Crippen LogP contribution in [0.1, 0.15) is 18.4 Å². The van der Waals surface area contributed by atoms with Gasteiger partial charge >= 0.3 is 5.97 Å². The molecule has 1 saturated carbocycles. The fraction of sp³-hybridized carbons (Fsp3) is 0.533. The number of para-hydroxylation sites is 1. The molecule has 1 heterocycles. The monoisotopic (exact) mass is 260 g/mol. The van der Waals surface area contributed by atoms with Gasteiger partial charge in [0.25, 0.3) is 0 Å². The molecule has 102 valence electrons. The Balaban J connectivity index is 1.82. The molecule has 1 unspecified atom stereocenters. The van der Waals surface area contributed by atoms with Crippen molar-refractivity contribution in [1.29, 1.82) is 0 Å². The maximum Gasteiger partial charge on any atom is 0.327 e. The van der Waals surface area contributed by atoms with E-state index in [9.17, 15) is 4.79 Å². The summed E-state index contributed by atoms with van der Waals surface area (Å²) in [4.78, 5) is 14.3. The van der Waals surface area contributed by atoms with E-state index in [1.165, 1.54) is 18.4 Å². The summed E-state index contributed by atoms with van der Waals surface area (Å²) in [6.07, 6.45) is 3.08. The first-order chi connectivity index (χ1) is 9.15. The number of hydrogen-bond donors (Lipinski definition) is 1. The largest absolute Gasteiger partial charge is 0.468 e. The van der Waals surface area contributed by atoms with E-state index in [-0.39, 0.29) is 11.9 Å². The third kappa shape index (κ3) is 2.10. The van der Waals surface area contributed by atoms with E-state index in [0.717, 1.165) is 25.8 Å². The van der Waals surface area contributed by atoms with E-state index in [2.05, 4.69) is 23.1 Å². The molecule has 0 aromatic heterocycles. The van der Waals surface area contributed by atoms with Crippen LogP contribution in [0.4, 0.5) is 5.69 Å². The van der Waals surface area contributed by atoms with Crippen LogP contribution in [0.3, 0.4) is 0 Å². The number of benzene rings is 1. The van der Waals surface area contributed by atoms with Gasteiger partial charge in [-0.3, -0.25) is 0 Å². The minimum absolute atomic E-state index is 0.271.